The fourth-order valence-electron chi connectivity index (χ4n) is 2.62. The molecule has 0 saturated carbocycles. The van der Waals surface area contributed by atoms with Crippen LogP contribution in [0.5, 0.6) is 0 Å². The van der Waals surface area contributed by atoms with Gasteiger partial charge < -0.3 is 10.6 Å². The molecule has 7 heteroatoms. The Hall–Kier alpha value is -3.51. The molecule has 0 aliphatic heterocycles. The number of fused-ring (bicyclic) bond motifs is 1. The molecule has 0 unspecified atom stereocenters. The largest absolute Gasteiger partial charge is 0.337 e. The van der Waals surface area contributed by atoms with Gasteiger partial charge in [0.05, 0.1) is 11.2 Å². The van der Waals surface area contributed by atoms with Crippen molar-refractivity contribution in [2.24, 2.45) is 0 Å². The molecule has 2 aromatic heterocycles. The number of rotatable bonds is 4. The number of pyridine rings is 1. The molecule has 2 N–H and O–H groups in total. The van der Waals surface area contributed by atoms with Crippen molar-refractivity contribution in [1.29, 1.82) is 0 Å². The number of carbonyl (C=O) groups is 1. The lowest BCUT2D eigenvalue weighted by Crippen LogP contribution is -2.14. The fraction of sp³-hybridized carbons (Fsp3) is 0. The maximum Gasteiger partial charge on any atom is 0.276 e. The van der Waals surface area contributed by atoms with Crippen molar-refractivity contribution in [3.05, 3.63) is 83.6 Å². The van der Waals surface area contributed by atoms with Crippen LogP contribution in [0.25, 0.3) is 10.9 Å². The second-order valence-corrected chi connectivity index (χ2v) is 6.21. The van der Waals surface area contributed by atoms with Gasteiger partial charge in [0.2, 0.25) is 0 Å². The number of hydrogen-bond donors (Lipinski definition) is 2. The van der Waals surface area contributed by atoms with Gasteiger partial charge in [-0.3, -0.25) is 9.78 Å². The number of hydrogen-bond acceptors (Lipinski definition) is 5. The summed E-state index contributed by atoms with van der Waals surface area (Å²) in [4.78, 5) is 16.7. The Morgan fingerprint density at radius 3 is 2.59 bits per heavy atom. The number of para-hydroxylation sites is 1. The van der Waals surface area contributed by atoms with Gasteiger partial charge in [-0.15, -0.1) is 10.2 Å². The van der Waals surface area contributed by atoms with Crippen LogP contribution in [0.3, 0.4) is 0 Å². The highest BCUT2D eigenvalue weighted by atomic mass is 35.5. The molecule has 0 bridgehead atoms. The van der Waals surface area contributed by atoms with E-state index in [0.29, 0.717) is 16.5 Å². The lowest BCUT2D eigenvalue weighted by atomic mass is 10.2. The molecule has 0 aliphatic rings. The van der Waals surface area contributed by atoms with E-state index in [0.717, 1.165) is 16.6 Å². The molecule has 4 aromatic rings. The average Bonchev–Trinajstić information content (AvgIpc) is 2.69. The quantitative estimate of drug-likeness (QED) is 0.541. The highest BCUT2D eigenvalue weighted by molar-refractivity contribution is 6.30. The monoisotopic (exact) mass is 375 g/mol. The Kier molecular flexibility index (Phi) is 4.63. The molecule has 6 nitrogen and oxygen atoms in total. The minimum absolute atomic E-state index is 0.205. The van der Waals surface area contributed by atoms with E-state index in [2.05, 4.69) is 25.8 Å². The van der Waals surface area contributed by atoms with Crippen molar-refractivity contribution < 1.29 is 4.79 Å². The zero-order valence-corrected chi connectivity index (χ0v) is 14.8. The predicted octanol–water partition coefficient (Wildman–Crippen LogP) is 4.67. The van der Waals surface area contributed by atoms with Crippen LogP contribution in [0.2, 0.25) is 5.02 Å². The summed E-state index contributed by atoms with van der Waals surface area (Å²) < 4.78 is 0. The first-order valence-corrected chi connectivity index (χ1v) is 8.58. The van der Waals surface area contributed by atoms with E-state index in [4.69, 9.17) is 11.6 Å². The molecule has 0 aliphatic carbocycles. The molecule has 0 fully saturated rings. The number of nitrogens with zero attached hydrogens (tertiary/aromatic N) is 3. The van der Waals surface area contributed by atoms with Gasteiger partial charge >= 0.3 is 0 Å². The zero-order valence-electron chi connectivity index (χ0n) is 14.1. The van der Waals surface area contributed by atoms with Crippen molar-refractivity contribution in [2.75, 3.05) is 10.6 Å². The smallest absolute Gasteiger partial charge is 0.276 e. The van der Waals surface area contributed by atoms with E-state index >= 15 is 0 Å². The number of halogens is 1. The van der Waals surface area contributed by atoms with Gasteiger partial charge in [-0.25, -0.2) is 0 Å². The van der Waals surface area contributed by atoms with E-state index in [1.807, 2.05) is 30.3 Å². The van der Waals surface area contributed by atoms with Crippen molar-refractivity contribution in [3.8, 4) is 0 Å². The van der Waals surface area contributed by atoms with E-state index < -0.39 is 0 Å². The van der Waals surface area contributed by atoms with E-state index in [-0.39, 0.29) is 11.6 Å². The van der Waals surface area contributed by atoms with Crippen molar-refractivity contribution in [3.63, 3.8) is 0 Å². The number of benzene rings is 2. The maximum atomic E-state index is 12.3. The van der Waals surface area contributed by atoms with Crippen LogP contribution in [0, 0.1) is 0 Å². The van der Waals surface area contributed by atoms with Crippen LogP contribution in [-0.4, -0.2) is 21.1 Å². The van der Waals surface area contributed by atoms with Crippen LogP contribution < -0.4 is 10.6 Å². The third kappa shape index (κ3) is 3.86. The van der Waals surface area contributed by atoms with E-state index in [1.54, 1.807) is 42.6 Å². The highest BCUT2D eigenvalue weighted by Gasteiger charge is 2.10. The summed E-state index contributed by atoms with van der Waals surface area (Å²) >= 11 is 5.92. The minimum Gasteiger partial charge on any atom is -0.337 e. The molecule has 0 radical (unpaired) electrons. The van der Waals surface area contributed by atoms with Crippen molar-refractivity contribution >= 4 is 45.6 Å². The second kappa shape index (κ2) is 7.39. The number of aromatic nitrogens is 3. The molecular formula is C20H14ClN5O. The van der Waals surface area contributed by atoms with Gasteiger partial charge in [-0.05, 0) is 42.5 Å². The lowest BCUT2D eigenvalue weighted by Gasteiger charge is -2.08. The molecule has 0 saturated heterocycles. The first-order chi connectivity index (χ1) is 13.2. The summed E-state index contributed by atoms with van der Waals surface area (Å²) in [5, 5.41) is 15.6. The molecule has 27 heavy (non-hydrogen) atoms. The van der Waals surface area contributed by atoms with Crippen LogP contribution >= 0.6 is 11.6 Å². The van der Waals surface area contributed by atoms with Crippen LogP contribution in [0.4, 0.5) is 17.2 Å². The normalized spacial score (nSPS) is 10.6. The number of carbonyl (C=O) groups excluding carboxylic acids is 1. The van der Waals surface area contributed by atoms with Crippen LogP contribution in [-0.2, 0) is 0 Å². The maximum absolute atomic E-state index is 12.3. The molecule has 4 rings (SSSR count). The summed E-state index contributed by atoms with van der Waals surface area (Å²) in [6.07, 6.45) is 1.74. The van der Waals surface area contributed by atoms with Gasteiger partial charge in [-0.2, -0.15) is 0 Å². The standard InChI is InChI=1S/C20H14ClN5O/c21-14-6-2-7-15(12-14)23-20(27)17-9-10-18(26-25-17)24-16-8-1-4-13-5-3-11-22-19(13)16/h1-12H,(H,23,27)(H,24,26). The van der Waals surface area contributed by atoms with Crippen LogP contribution in [0.1, 0.15) is 10.5 Å². The van der Waals surface area contributed by atoms with Gasteiger partial charge in [0.25, 0.3) is 5.91 Å². The molecule has 0 spiro atoms. The topological polar surface area (TPSA) is 79.8 Å². The van der Waals surface area contributed by atoms with Gasteiger partial charge in [0.1, 0.15) is 0 Å². The molecule has 2 heterocycles. The lowest BCUT2D eigenvalue weighted by molar-refractivity contribution is 0.102. The molecule has 132 valence electrons. The summed E-state index contributed by atoms with van der Waals surface area (Å²) in [7, 11) is 0. The summed E-state index contributed by atoms with van der Waals surface area (Å²) in [6, 6.07) is 19.9. The Labute approximate surface area is 160 Å². The Balaban J connectivity index is 1.51. The first-order valence-electron chi connectivity index (χ1n) is 8.20. The Morgan fingerprint density at radius 1 is 0.926 bits per heavy atom. The Bertz CT molecular complexity index is 1110. The van der Waals surface area contributed by atoms with Gasteiger partial charge in [0.15, 0.2) is 11.5 Å². The summed E-state index contributed by atoms with van der Waals surface area (Å²) in [5.41, 5.74) is 2.46. The second-order valence-electron chi connectivity index (χ2n) is 5.77. The molecule has 0 atom stereocenters. The van der Waals surface area contributed by atoms with Crippen molar-refractivity contribution in [1.82, 2.24) is 15.2 Å². The third-order valence-electron chi connectivity index (χ3n) is 3.88. The number of anilines is 3. The average molecular weight is 376 g/mol. The number of nitrogens with one attached hydrogen (secondary N) is 2. The number of amides is 1. The van der Waals surface area contributed by atoms with E-state index in [1.165, 1.54) is 0 Å². The minimum atomic E-state index is -0.358. The molecular weight excluding hydrogens is 362 g/mol. The van der Waals surface area contributed by atoms with Crippen molar-refractivity contribution in [2.45, 2.75) is 0 Å². The Morgan fingerprint density at radius 2 is 1.78 bits per heavy atom. The van der Waals surface area contributed by atoms with Crippen LogP contribution in [0.15, 0.2) is 72.9 Å². The van der Waals surface area contributed by atoms with E-state index in [9.17, 15) is 4.79 Å². The fourth-order valence-corrected chi connectivity index (χ4v) is 2.81. The van der Waals surface area contributed by atoms with Gasteiger partial charge in [0, 0.05) is 22.3 Å². The first kappa shape index (κ1) is 16.9. The summed E-state index contributed by atoms with van der Waals surface area (Å²) in [5.74, 6) is 0.163. The highest BCUT2D eigenvalue weighted by Crippen LogP contribution is 2.23. The predicted molar refractivity (Wildman–Crippen MR) is 106 cm³/mol. The zero-order chi connectivity index (χ0) is 18.6. The van der Waals surface area contributed by atoms with Gasteiger partial charge in [-0.1, -0.05) is 35.9 Å². The molecule has 1 amide bonds. The molecule has 2 aromatic carbocycles. The summed E-state index contributed by atoms with van der Waals surface area (Å²) in [6.45, 7) is 0. The third-order valence-corrected chi connectivity index (χ3v) is 4.11. The SMILES string of the molecule is O=C(Nc1cccc(Cl)c1)c1ccc(Nc2cccc3cccnc23)nn1.